The van der Waals surface area contributed by atoms with Crippen molar-refractivity contribution in [3.05, 3.63) is 83.4 Å². The zero-order valence-corrected chi connectivity index (χ0v) is 19.5. The van der Waals surface area contributed by atoms with Crippen LogP contribution in [-0.2, 0) is 36.7 Å². The van der Waals surface area contributed by atoms with Gasteiger partial charge in [0.05, 0.1) is 12.6 Å². The number of carbonyl (C=O) groups excluding carboxylic acids is 3. The second kappa shape index (κ2) is 10.6. The molecular weight excluding hydrogens is 430 g/mol. The molecule has 6 nitrogen and oxygen atoms in total. The van der Waals surface area contributed by atoms with Gasteiger partial charge in [-0.15, -0.1) is 0 Å². The number of carbonyl (C=O) groups is 3. The second-order valence-electron chi connectivity index (χ2n) is 8.58. The van der Waals surface area contributed by atoms with Crippen molar-refractivity contribution in [3.8, 4) is 0 Å². The molecule has 1 amide bonds. The predicted molar refractivity (Wildman–Crippen MR) is 129 cm³/mol. The van der Waals surface area contributed by atoms with E-state index in [9.17, 15) is 14.4 Å². The highest BCUT2D eigenvalue weighted by Gasteiger charge is 2.52. The number of hydrogen-bond donors (Lipinski definition) is 1. The third-order valence-electron chi connectivity index (χ3n) is 6.06. The maximum atomic E-state index is 13.3. The Bertz CT molecular complexity index is 1180. The van der Waals surface area contributed by atoms with E-state index in [1.165, 1.54) is 0 Å². The number of Topliss-reactive ketones (excluding diaryl/α,β-unsaturated/α-hetero) is 1. The van der Waals surface area contributed by atoms with Gasteiger partial charge in [-0.3, -0.25) is 9.59 Å². The summed E-state index contributed by atoms with van der Waals surface area (Å²) in [5, 5.41) is 5.08. The monoisotopic (exact) mass is 459 g/mol. The third-order valence-corrected chi connectivity index (χ3v) is 6.06. The van der Waals surface area contributed by atoms with Gasteiger partial charge in [-0.05, 0) is 48.6 Å². The molecule has 1 heterocycles. The van der Waals surface area contributed by atoms with E-state index in [4.69, 9.17) is 9.47 Å². The van der Waals surface area contributed by atoms with Crippen LogP contribution in [0.25, 0.3) is 10.8 Å². The van der Waals surface area contributed by atoms with Crippen molar-refractivity contribution < 1.29 is 23.9 Å². The van der Waals surface area contributed by atoms with Gasteiger partial charge in [-0.2, -0.15) is 0 Å². The Balaban J connectivity index is 1.45. The molecule has 1 aliphatic heterocycles. The number of esters is 1. The van der Waals surface area contributed by atoms with Crippen molar-refractivity contribution in [1.82, 2.24) is 5.32 Å². The van der Waals surface area contributed by atoms with Gasteiger partial charge in [0.15, 0.2) is 18.0 Å². The van der Waals surface area contributed by atoms with E-state index in [1.54, 1.807) is 6.92 Å². The summed E-state index contributed by atoms with van der Waals surface area (Å²) in [4.78, 5) is 37.8. The van der Waals surface area contributed by atoms with Crippen LogP contribution in [0.3, 0.4) is 0 Å². The maximum Gasteiger partial charge on any atom is 0.338 e. The molecule has 176 valence electrons. The minimum Gasteiger partial charge on any atom is -0.464 e. The standard InChI is InChI=1S/C28H29NO5/c1-3-33-28(32)26-25(34-26)27(31)29-23(17-19-13-11-18(2)12-14-19)24(30)16-15-21-9-6-8-20-7-4-5-10-22(20)21/h4-14,23,25-26H,3,15-17H2,1-2H3,(H,29,31)/t23-,25?,26?/m0/s1. The normalized spacial score (nSPS) is 17.7. The number of benzene rings is 3. The molecule has 3 aromatic carbocycles. The van der Waals surface area contributed by atoms with E-state index in [0.717, 1.165) is 27.5 Å². The molecule has 2 unspecified atom stereocenters. The summed E-state index contributed by atoms with van der Waals surface area (Å²) in [7, 11) is 0. The molecule has 0 saturated carbocycles. The van der Waals surface area contributed by atoms with E-state index in [-0.39, 0.29) is 18.8 Å². The highest BCUT2D eigenvalue weighted by Crippen LogP contribution is 2.24. The highest BCUT2D eigenvalue weighted by atomic mass is 16.6. The third kappa shape index (κ3) is 5.69. The van der Waals surface area contributed by atoms with Crippen LogP contribution in [0.5, 0.6) is 0 Å². The molecule has 1 saturated heterocycles. The molecule has 6 heteroatoms. The van der Waals surface area contributed by atoms with Crippen LogP contribution in [0.1, 0.15) is 30.0 Å². The molecule has 3 atom stereocenters. The van der Waals surface area contributed by atoms with Gasteiger partial charge in [0.25, 0.3) is 5.91 Å². The van der Waals surface area contributed by atoms with Gasteiger partial charge in [0, 0.05) is 6.42 Å². The Labute approximate surface area is 199 Å². The Morgan fingerprint density at radius 1 is 0.971 bits per heavy atom. The highest BCUT2D eigenvalue weighted by molar-refractivity contribution is 5.96. The average molecular weight is 460 g/mol. The minimum absolute atomic E-state index is 0.0600. The lowest BCUT2D eigenvalue weighted by atomic mass is 9.95. The van der Waals surface area contributed by atoms with Crippen LogP contribution in [0.2, 0.25) is 0 Å². The fourth-order valence-electron chi connectivity index (χ4n) is 4.12. The first-order valence-corrected chi connectivity index (χ1v) is 11.6. The number of epoxide rings is 1. The van der Waals surface area contributed by atoms with E-state index in [2.05, 4.69) is 23.5 Å². The van der Waals surface area contributed by atoms with Crippen molar-refractivity contribution in [1.29, 1.82) is 0 Å². The molecule has 0 radical (unpaired) electrons. The fraction of sp³-hybridized carbons (Fsp3) is 0.321. The summed E-state index contributed by atoms with van der Waals surface area (Å²) in [6, 6.07) is 21.3. The Morgan fingerprint density at radius 2 is 1.71 bits per heavy atom. The number of hydrogen-bond acceptors (Lipinski definition) is 5. The zero-order valence-electron chi connectivity index (χ0n) is 19.5. The summed E-state index contributed by atoms with van der Waals surface area (Å²) < 4.78 is 10.1. The zero-order chi connectivity index (χ0) is 24.1. The summed E-state index contributed by atoms with van der Waals surface area (Å²) in [6.07, 6.45) is -0.572. The summed E-state index contributed by atoms with van der Waals surface area (Å²) in [5.74, 6) is -1.08. The Morgan fingerprint density at radius 3 is 2.47 bits per heavy atom. The Hall–Kier alpha value is -3.51. The molecule has 1 aliphatic rings. The number of fused-ring (bicyclic) bond motifs is 1. The number of nitrogens with one attached hydrogen (secondary N) is 1. The fourth-order valence-corrected chi connectivity index (χ4v) is 4.12. The number of ether oxygens (including phenoxy) is 2. The summed E-state index contributed by atoms with van der Waals surface area (Å²) in [6.45, 7) is 3.91. The lowest BCUT2D eigenvalue weighted by Gasteiger charge is -2.18. The quantitative estimate of drug-likeness (QED) is 0.369. The van der Waals surface area contributed by atoms with Crippen LogP contribution in [0.4, 0.5) is 0 Å². The van der Waals surface area contributed by atoms with Gasteiger partial charge < -0.3 is 14.8 Å². The summed E-state index contributed by atoms with van der Waals surface area (Å²) in [5.41, 5.74) is 3.17. The van der Waals surface area contributed by atoms with Crippen LogP contribution in [0.15, 0.2) is 66.7 Å². The van der Waals surface area contributed by atoms with Crippen molar-refractivity contribution in [2.24, 2.45) is 0 Å². The SMILES string of the molecule is CCOC(=O)C1OC1C(=O)N[C@@H](Cc1ccc(C)cc1)C(=O)CCc1cccc2ccccc12. The minimum atomic E-state index is -0.912. The number of rotatable bonds is 10. The van der Waals surface area contributed by atoms with Gasteiger partial charge in [0.1, 0.15) is 0 Å². The van der Waals surface area contributed by atoms with Gasteiger partial charge in [-0.1, -0.05) is 72.3 Å². The molecule has 0 spiro atoms. The van der Waals surface area contributed by atoms with E-state index in [0.29, 0.717) is 12.8 Å². The molecule has 3 aromatic rings. The lowest BCUT2D eigenvalue weighted by molar-refractivity contribution is -0.144. The number of ketones is 1. The summed E-state index contributed by atoms with van der Waals surface area (Å²) >= 11 is 0. The molecule has 1 fully saturated rings. The number of aryl methyl sites for hydroxylation is 2. The molecule has 0 aromatic heterocycles. The van der Waals surface area contributed by atoms with Gasteiger partial charge >= 0.3 is 5.97 Å². The average Bonchev–Trinajstić information content (AvgIpc) is 3.65. The van der Waals surface area contributed by atoms with E-state index >= 15 is 0 Å². The molecule has 1 N–H and O–H groups in total. The Kier molecular flexibility index (Phi) is 7.38. The first kappa shape index (κ1) is 23.6. The molecule has 0 aliphatic carbocycles. The maximum absolute atomic E-state index is 13.3. The van der Waals surface area contributed by atoms with Crippen molar-refractivity contribution in [2.75, 3.05) is 6.61 Å². The van der Waals surface area contributed by atoms with E-state index < -0.39 is 30.1 Å². The largest absolute Gasteiger partial charge is 0.464 e. The predicted octanol–water partition coefficient (Wildman–Crippen LogP) is 3.71. The van der Waals surface area contributed by atoms with Crippen molar-refractivity contribution >= 4 is 28.4 Å². The first-order valence-electron chi connectivity index (χ1n) is 11.6. The smallest absolute Gasteiger partial charge is 0.338 e. The molecule has 4 rings (SSSR count). The van der Waals surface area contributed by atoms with Gasteiger partial charge in [0.2, 0.25) is 0 Å². The van der Waals surface area contributed by atoms with Crippen LogP contribution in [-0.4, -0.2) is 42.5 Å². The molecular formula is C28H29NO5. The first-order chi connectivity index (χ1) is 16.5. The van der Waals surface area contributed by atoms with Crippen molar-refractivity contribution in [2.45, 2.75) is 51.4 Å². The van der Waals surface area contributed by atoms with Crippen LogP contribution < -0.4 is 5.32 Å². The topological polar surface area (TPSA) is 85.0 Å². The molecule has 34 heavy (non-hydrogen) atoms. The van der Waals surface area contributed by atoms with E-state index in [1.807, 2.05) is 55.5 Å². The van der Waals surface area contributed by atoms with Gasteiger partial charge in [-0.25, -0.2) is 4.79 Å². The van der Waals surface area contributed by atoms with Crippen molar-refractivity contribution in [3.63, 3.8) is 0 Å². The lowest BCUT2D eigenvalue weighted by Crippen LogP contribution is -2.45. The van der Waals surface area contributed by atoms with Crippen LogP contribution in [0, 0.1) is 6.92 Å². The second-order valence-corrected chi connectivity index (χ2v) is 8.58. The van der Waals surface area contributed by atoms with Crippen LogP contribution >= 0.6 is 0 Å². The number of amides is 1. The molecule has 0 bridgehead atoms.